The van der Waals surface area contributed by atoms with Crippen LogP contribution in [-0.2, 0) is 0 Å². The summed E-state index contributed by atoms with van der Waals surface area (Å²) in [6.45, 7) is 1.05. The van der Waals surface area contributed by atoms with Crippen LogP contribution in [0.4, 0.5) is 4.39 Å². The molecule has 0 aromatic carbocycles. The quantitative estimate of drug-likeness (QED) is 0.851. The second-order valence-electron chi connectivity index (χ2n) is 4.71. The van der Waals surface area contributed by atoms with E-state index in [1.54, 1.807) is 29.4 Å². The molecule has 0 N–H and O–H groups in total. The van der Waals surface area contributed by atoms with Crippen LogP contribution < -0.4 is 4.74 Å². The molecule has 6 nitrogen and oxygen atoms in total. The molecule has 0 spiro atoms. The van der Waals surface area contributed by atoms with Crippen LogP contribution in [0.1, 0.15) is 16.8 Å². The maximum absolute atomic E-state index is 12.7. The Kier molecular flexibility index (Phi) is 3.72. The molecule has 2 aromatic heterocycles. The van der Waals surface area contributed by atoms with Gasteiger partial charge in [0.15, 0.2) is 5.82 Å². The average molecular weight is 288 g/mol. The van der Waals surface area contributed by atoms with Crippen LogP contribution in [0.2, 0.25) is 0 Å². The fourth-order valence-electron chi connectivity index (χ4n) is 2.19. The molecule has 3 rings (SSSR count). The van der Waals surface area contributed by atoms with Crippen molar-refractivity contribution in [2.24, 2.45) is 0 Å². The van der Waals surface area contributed by atoms with Crippen LogP contribution in [0.3, 0.4) is 0 Å². The summed E-state index contributed by atoms with van der Waals surface area (Å²) in [5.41, 5.74) is 0.552. The standard InChI is InChI=1S/C14H13FN4O2/c15-11-7-17-14(18-8-11)21-12-3-5-19(9-12)13(20)10-2-1-4-16-6-10/h1-2,4,6-8,12H,3,5,9H2/t12-/m0/s1. The number of likely N-dealkylation sites (tertiary alicyclic amines) is 1. The van der Waals surface area contributed by atoms with Gasteiger partial charge in [0.1, 0.15) is 6.10 Å². The Labute approximate surface area is 120 Å². The Morgan fingerprint density at radius 2 is 2.14 bits per heavy atom. The molecule has 0 saturated carbocycles. The monoisotopic (exact) mass is 288 g/mol. The summed E-state index contributed by atoms with van der Waals surface area (Å²) in [4.78, 5) is 25.4. The van der Waals surface area contributed by atoms with E-state index in [2.05, 4.69) is 15.0 Å². The molecule has 3 heterocycles. The van der Waals surface area contributed by atoms with Gasteiger partial charge in [-0.25, -0.2) is 14.4 Å². The van der Waals surface area contributed by atoms with Crippen LogP contribution >= 0.6 is 0 Å². The van der Waals surface area contributed by atoms with Gasteiger partial charge in [-0.3, -0.25) is 9.78 Å². The molecule has 1 aliphatic rings. The van der Waals surface area contributed by atoms with Crippen molar-refractivity contribution in [3.63, 3.8) is 0 Å². The van der Waals surface area contributed by atoms with Crippen molar-refractivity contribution in [2.45, 2.75) is 12.5 Å². The third kappa shape index (κ3) is 3.13. The van der Waals surface area contributed by atoms with Crippen molar-refractivity contribution in [1.29, 1.82) is 0 Å². The number of hydrogen-bond acceptors (Lipinski definition) is 5. The van der Waals surface area contributed by atoms with E-state index in [1.807, 2.05) is 0 Å². The molecule has 1 atom stereocenters. The Bertz CT molecular complexity index is 621. The molecule has 21 heavy (non-hydrogen) atoms. The van der Waals surface area contributed by atoms with E-state index in [1.165, 1.54) is 0 Å². The lowest BCUT2D eigenvalue weighted by Gasteiger charge is -2.16. The topological polar surface area (TPSA) is 68.2 Å². The number of nitrogens with zero attached hydrogens (tertiary/aromatic N) is 4. The average Bonchev–Trinajstić information content (AvgIpc) is 2.98. The van der Waals surface area contributed by atoms with Gasteiger partial charge in [-0.05, 0) is 12.1 Å². The smallest absolute Gasteiger partial charge is 0.316 e. The van der Waals surface area contributed by atoms with Crippen LogP contribution in [-0.4, -0.2) is 45.0 Å². The van der Waals surface area contributed by atoms with Crippen molar-refractivity contribution >= 4 is 5.91 Å². The summed E-state index contributed by atoms with van der Waals surface area (Å²) in [5, 5.41) is 0. The van der Waals surface area contributed by atoms with E-state index in [0.29, 0.717) is 25.1 Å². The first-order valence-corrected chi connectivity index (χ1v) is 6.56. The Morgan fingerprint density at radius 3 is 2.86 bits per heavy atom. The minimum Gasteiger partial charge on any atom is -0.458 e. The number of amides is 1. The molecule has 1 fully saturated rings. The minimum absolute atomic E-state index is 0.0748. The first-order valence-electron chi connectivity index (χ1n) is 6.56. The Hall–Kier alpha value is -2.57. The Morgan fingerprint density at radius 1 is 1.33 bits per heavy atom. The van der Waals surface area contributed by atoms with Crippen molar-refractivity contribution < 1.29 is 13.9 Å². The van der Waals surface area contributed by atoms with Gasteiger partial charge >= 0.3 is 6.01 Å². The number of carbonyl (C=O) groups excluding carboxylic acids is 1. The molecule has 0 unspecified atom stereocenters. The van der Waals surface area contributed by atoms with Gasteiger partial charge < -0.3 is 9.64 Å². The maximum atomic E-state index is 12.7. The summed E-state index contributed by atoms with van der Waals surface area (Å²) in [6, 6.07) is 3.58. The predicted octanol–water partition coefficient (Wildman–Crippen LogP) is 1.30. The summed E-state index contributed by atoms with van der Waals surface area (Å²) in [5.74, 6) is -0.587. The lowest BCUT2D eigenvalue weighted by Crippen LogP contribution is -2.31. The van der Waals surface area contributed by atoms with E-state index in [4.69, 9.17) is 4.74 Å². The first kappa shape index (κ1) is 13.4. The maximum Gasteiger partial charge on any atom is 0.316 e. The number of aromatic nitrogens is 3. The zero-order valence-electron chi connectivity index (χ0n) is 11.1. The van der Waals surface area contributed by atoms with Gasteiger partial charge in [0.05, 0.1) is 24.5 Å². The molecule has 2 aromatic rings. The van der Waals surface area contributed by atoms with Crippen LogP contribution in [0.15, 0.2) is 36.9 Å². The lowest BCUT2D eigenvalue weighted by molar-refractivity contribution is 0.0769. The van der Waals surface area contributed by atoms with E-state index >= 15 is 0 Å². The number of hydrogen-bond donors (Lipinski definition) is 0. The predicted molar refractivity (Wildman–Crippen MR) is 71.2 cm³/mol. The largest absolute Gasteiger partial charge is 0.458 e. The van der Waals surface area contributed by atoms with Gasteiger partial charge in [-0.1, -0.05) is 0 Å². The highest BCUT2D eigenvalue weighted by atomic mass is 19.1. The van der Waals surface area contributed by atoms with Gasteiger partial charge in [-0.15, -0.1) is 0 Å². The van der Waals surface area contributed by atoms with Crippen molar-refractivity contribution in [3.05, 3.63) is 48.3 Å². The van der Waals surface area contributed by atoms with Gasteiger partial charge in [0.25, 0.3) is 5.91 Å². The van der Waals surface area contributed by atoms with E-state index in [9.17, 15) is 9.18 Å². The van der Waals surface area contributed by atoms with Crippen molar-refractivity contribution in [3.8, 4) is 6.01 Å². The van der Waals surface area contributed by atoms with Crippen LogP contribution in [0, 0.1) is 5.82 Å². The van der Waals surface area contributed by atoms with Gasteiger partial charge in [0.2, 0.25) is 0 Å². The molecule has 1 amide bonds. The van der Waals surface area contributed by atoms with E-state index in [0.717, 1.165) is 12.4 Å². The zero-order chi connectivity index (χ0) is 14.7. The molecule has 0 bridgehead atoms. The fraction of sp³-hybridized carbons (Fsp3) is 0.286. The molecule has 1 saturated heterocycles. The zero-order valence-corrected chi connectivity index (χ0v) is 11.1. The number of halogens is 1. The van der Waals surface area contributed by atoms with Crippen molar-refractivity contribution in [1.82, 2.24) is 19.9 Å². The highest BCUT2D eigenvalue weighted by molar-refractivity contribution is 5.94. The van der Waals surface area contributed by atoms with Gasteiger partial charge in [-0.2, -0.15) is 0 Å². The molecular formula is C14H13FN4O2. The summed E-state index contributed by atoms with van der Waals surface area (Å²) in [6.07, 6.45) is 5.77. The normalized spacial score (nSPS) is 17.8. The molecule has 0 aliphatic carbocycles. The SMILES string of the molecule is O=C(c1cccnc1)N1CC[C@H](Oc2ncc(F)cn2)C1. The third-order valence-electron chi connectivity index (χ3n) is 3.21. The van der Waals surface area contributed by atoms with Crippen molar-refractivity contribution in [2.75, 3.05) is 13.1 Å². The van der Waals surface area contributed by atoms with Crippen LogP contribution in [0.5, 0.6) is 6.01 Å². The van der Waals surface area contributed by atoms with Crippen LogP contribution in [0.25, 0.3) is 0 Å². The number of pyridine rings is 1. The highest BCUT2D eigenvalue weighted by Gasteiger charge is 2.28. The second kappa shape index (κ2) is 5.82. The summed E-state index contributed by atoms with van der Waals surface area (Å²) >= 11 is 0. The first-order chi connectivity index (χ1) is 10.2. The molecule has 0 radical (unpaired) electrons. The lowest BCUT2D eigenvalue weighted by atomic mass is 10.2. The number of rotatable bonds is 3. The third-order valence-corrected chi connectivity index (χ3v) is 3.21. The number of ether oxygens (including phenoxy) is 1. The fourth-order valence-corrected chi connectivity index (χ4v) is 2.19. The second-order valence-corrected chi connectivity index (χ2v) is 4.71. The molecule has 7 heteroatoms. The number of carbonyl (C=O) groups is 1. The minimum atomic E-state index is -0.512. The Balaban J connectivity index is 1.60. The summed E-state index contributed by atoms with van der Waals surface area (Å²) < 4.78 is 18.3. The van der Waals surface area contributed by atoms with E-state index in [-0.39, 0.29) is 18.0 Å². The highest BCUT2D eigenvalue weighted by Crippen LogP contribution is 2.17. The molecular weight excluding hydrogens is 275 g/mol. The molecule has 1 aliphatic heterocycles. The summed E-state index contributed by atoms with van der Waals surface area (Å²) in [7, 11) is 0. The molecule has 108 valence electrons. The van der Waals surface area contributed by atoms with E-state index < -0.39 is 5.82 Å². The van der Waals surface area contributed by atoms with Gasteiger partial charge in [0, 0.05) is 25.4 Å².